The molecule has 0 saturated heterocycles. The summed E-state index contributed by atoms with van der Waals surface area (Å²) in [6, 6.07) is 9.32. The maximum atomic E-state index is 12.2. The number of benzene rings is 1. The Hall–Kier alpha value is -3.55. The predicted molar refractivity (Wildman–Crippen MR) is 103 cm³/mol. The van der Waals surface area contributed by atoms with Gasteiger partial charge in [-0.15, -0.1) is 0 Å². The van der Waals surface area contributed by atoms with E-state index < -0.39 is 0 Å². The first-order valence-electron chi connectivity index (χ1n) is 9.23. The van der Waals surface area contributed by atoms with E-state index in [0.717, 1.165) is 28.1 Å². The summed E-state index contributed by atoms with van der Waals surface area (Å²) in [7, 11) is 0. The number of aromatic nitrogens is 2. The monoisotopic (exact) mass is 395 g/mol. The Morgan fingerprint density at radius 2 is 2.00 bits per heavy atom. The summed E-state index contributed by atoms with van der Waals surface area (Å²) in [6.45, 7) is 4.60. The molecule has 8 heteroatoms. The zero-order valence-electron chi connectivity index (χ0n) is 16.2. The Balaban J connectivity index is 1.31. The zero-order chi connectivity index (χ0) is 20.2. The van der Waals surface area contributed by atoms with Gasteiger partial charge in [-0.3, -0.25) is 4.79 Å². The molecule has 4 rings (SSSR count). The molecule has 1 amide bonds. The number of rotatable bonds is 7. The third-order valence-electron chi connectivity index (χ3n) is 4.63. The molecule has 0 bridgehead atoms. The topological polar surface area (TPSA) is 95.7 Å². The molecule has 1 aliphatic heterocycles. The largest absolute Gasteiger partial charge is 0.473 e. The first kappa shape index (κ1) is 18.8. The average molecular weight is 395 g/mol. The van der Waals surface area contributed by atoms with Crippen molar-refractivity contribution >= 4 is 5.91 Å². The number of nitrogens with zero attached hydrogens (tertiary/aromatic N) is 2. The lowest BCUT2D eigenvalue weighted by Crippen LogP contribution is -2.25. The molecule has 0 saturated carbocycles. The standard InChI is InChI=1S/C21H21N3O5/c1-13-17(14(2)29-24-13)9-20(25)23-10-15-5-6-22-21(8-15)26-11-16-3-4-18-19(7-16)28-12-27-18/h3-8H,9-12H2,1-2H3,(H,23,25). The van der Waals surface area contributed by atoms with E-state index in [1.165, 1.54) is 0 Å². The fourth-order valence-corrected chi connectivity index (χ4v) is 3.01. The number of carbonyl (C=O) groups excluding carboxylic acids is 1. The summed E-state index contributed by atoms with van der Waals surface area (Å²) in [6.07, 6.45) is 1.89. The minimum atomic E-state index is -0.0981. The highest BCUT2D eigenvalue weighted by Gasteiger charge is 2.14. The molecule has 2 aromatic heterocycles. The summed E-state index contributed by atoms with van der Waals surface area (Å²) in [5.74, 6) is 2.51. The SMILES string of the molecule is Cc1noc(C)c1CC(=O)NCc1ccnc(OCc2ccc3c(c2)OCO3)c1. The van der Waals surface area contributed by atoms with Crippen molar-refractivity contribution in [3.63, 3.8) is 0 Å². The zero-order valence-corrected chi connectivity index (χ0v) is 16.2. The molecule has 1 aromatic carbocycles. The van der Waals surface area contributed by atoms with Crippen molar-refractivity contribution in [2.45, 2.75) is 33.4 Å². The molecule has 1 aliphatic rings. The lowest BCUT2D eigenvalue weighted by Gasteiger charge is -2.09. The van der Waals surface area contributed by atoms with Gasteiger partial charge < -0.3 is 24.1 Å². The van der Waals surface area contributed by atoms with Crippen LogP contribution in [0.15, 0.2) is 41.1 Å². The Bertz CT molecular complexity index is 1010. The molecular weight excluding hydrogens is 374 g/mol. The fraction of sp³-hybridized carbons (Fsp3) is 0.286. The maximum absolute atomic E-state index is 12.2. The van der Waals surface area contributed by atoms with E-state index in [1.54, 1.807) is 13.1 Å². The summed E-state index contributed by atoms with van der Waals surface area (Å²) >= 11 is 0. The minimum absolute atomic E-state index is 0.0981. The minimum Gasteiger partial charge on any atom is -0.473 e. The van der Waals surface area contributed by atoms with E-state index in [0.29, 0.717) is 30.5 Å². The van der Waals surface area contributed by atoms with Crippen LogP contribution in [0.5, 0.6) is 17.4 Å². The maximum Gasteiger partial charge on any atom is 0.231 e. The first-order chi connectivity index (χ1) is 14.1. The van der Waals surface area contributed by atoms with E-state index in [4.69, 9.17) is 18.7 Å². The average Bonchev–Trinajstić information content (AvgIpc) is 3.32. The molecule has 0 atom stereocenters. The number of hydrogen-bond donors (Lipinski definition) is 1. The van der Waals surface area contributed by atoms with Crippen LogP contribution in [0.1, 0.15) is 28.1 Å². The molecule has 3 aromatic rings. The predicted octanol–water partition coefficient (Wildman–Crippen LogP) is 2.85. The van der Waals surface area contributed by atoms with Gasteiger partial charge in [0.05, 0.1) is 12.1 Å². The van der Waals surface area contributed by atoms with Gasteiger partial charge in [-0.05, 0) is 43.2 Å². The van der Waals surface area contributed by atoms with Gasteiger partial charge in [0.15, 0.2) is 11.5 Å². The van der Waals surface area contributed by atoms with Crippen molar-refractivity contribution < 1.29 is 23.5 Å². The Morgan fingerprint density at radius 1 is 1.14 bits per heavy atom. The van der Waals surface area contributed by atoms with E-state index in [1.807, 2.05) is 37.3 Å². The third kappa shape index (κ3) is 4.48. The second kappa shape index (κ2) is 8.22. The van der Waals surface area contributed by atoms with Crippen LogP contribution >= 0.6 is 0 Å². The molecule has 1 N–H and O–H groups in total. The second-order valence-corrected chi connectivity index (χ2v) is 6.73. The number of aryl methyl sites for hydroxylation is 2. The lowest BCUT2D eigenvalue weighted by atomic mass is 10.1. The molecule has 0 fully saturated rings. The van der Waals surface area contributed by atoms with E-state index in [2.05, 4.69) is 15.5 Å². The van der Waals surface area contributed by atoms with Gasteiger partial charge in [0.2, 0.25) is 18.6 Å². The van der Waals surface area contributed by atoms with E-state index >= 15 is 0 Å². The number of amides is 1. The number of pyridine rings is 1. The Kier molecular flexibility index (Phi) is 5.33. The van der Waals surface area contributed by atoms with Gasteiger partial charge in [0, 0.05) is 24.4 Å². The smallest absolute Gasteiger partial charge is 0.231 e. The molecule has 3 heterocycles. The molecule has 150 valence electrons. The van der Waals surface area contributed by atoms with Gasteiger partial charge in [-0.2, -0.15) is 0 Å². The molecule has 0 radical (unpaired) electrons. The highest BCUT2D eigenvalue weighted by atomic mass is 16.7. The highest BCUT2D eigenvalue weighted by molar-refractivity contribution is 5.79. The molecule has 0 unspecified atom stereocenters. The van der Waals surface area contributed by atoms with Gasteiger partial charge in [-0.25, -0.2) is 4.98 Å². The lowest BCUT2D eigenvalue weighted by molar-refractivity contribution is -0.120. The van der Waals surface area contributed by atoms with Crippen molar-refractivity contribution in [3.8, 4) is 17.4 Å². The van der Waals surface area contributed by atoms with Crippen LogP contribution in [0.4, 0.5) is 0 Å². The summed E-state index contributed by atoms with van der Waals surface area (Å²) in [4.78, 5) is 16.5. The van der Waals surface area contributed by atoms with Crippen LogP contribution < -0.4 is 19.5 Å². The summed E-state index contributed by atoms with van der Waals surface area (Å²) in [5.41, 5.74) is 3.41. The van der Waals surface area contributed by atoms with Crippen molar-refractivity contribution in [1.82, 2.24) is 15.5 Å². The Labute approximate surface area is 167 Å². The van der Waals surface area contributed by atoms with Crippen molar-refractivity contribution in [3.05, 3.63) is 64.7 Å². The van der Waals surface area contributed by atoms with Crippen molar-refractivity contribution in [1.29, 1.82) is 0 Å². The van der Waals surface area contributed by atoms with Crippen LogP contribution in [0.3, 0.4) is 0 Å². The Morgan fingerprint density at radius 3 is 2.83 bits per heavy atom. The quantitative estimate of drug-likeness (QED) is 0.657. The number of fused-ring (bicyclic) bond motifs is 1. The second-order valence-electron chi connectivity index (χ2n) is 6.73. The number of nitrogens with one attached hydrogen (secondary N) is 1. The summed E-state index contributed by atoms with van der Waals surface area (Å²) in [5, 5.41) is 6.77. The molecule has 29 heavy (non-hydrogen) atoms. The van der Waals surface area contributed by atoms with Crippen molar-refractivity contribution in [2.24, 2.45) is 0 Å². The first-order valence-corrected chi connectivity index (χ1v) is 9.23. The van der Waals surface area contributed by atoms with E-state index in [-0.39, 0.29) is 19.1 Å². The van der Waals surface area contributed by atoms with E-state index in [9.17, 15) is 4.79 Å². The van der Waals surface area contributed by atoms with Gasteiger partial charge >= 0.3 is 0 Å². The summed E-state index contributed by atoms with van der Waals surface area (Å²) < 4.78 is 21.5. The highest BCUT2D eigenvalue weighted by Crippen LogP contribution is 2.32. The van der Waals surface area contributed by atoms with Crippen LogP contribution in [0.2, 0.25) is 0 Å². The molecular formula is C21H21N3O5. The third-order valence-corrected chi connectivity index (χ3v) is 4.63. The van der Waals surface area contributed by atoms with Crippen LogP contribution in [0.25, 0.3) is 0 Å². The van der Waals surface area contributed by atoms with Gasteiger partial charge in [-0.1, -0.05) is 11.2 Å². The van der Waals surface area contributed by atoms with Gasteiger partial charge in [0.25, 0.3) is 0 Å². The molecule has 0 spiro atoms. The molecule has 0 aliphatic carbocycles. The molecule has 8 nitrogen and oxygen atoms in total. The normalized spacial score (nSPS) is 12.1. The van der Waals surface area contributed by atoms with Gasteiger partial charge in [0.1, 0.15) is 12.4 Å². The van der Waals surface area contributed by atoms with Crippen LogP contribution in [-0.4, -0.2) is 22.8 Å². The fourth-order valence-electron chi connectivity index (χ4n) is 3.01. The number of hydrogen-bond acceptors (Lipinski definition) is 7. The number of carbonyl (C=O) groups is 1. The van der Waals surface area contributed by atoms with Crippen molar-refractivity contribution in [2.75, 3.05) is 6.79 Å². The van der Waals surface area contributed by atoms with Crippen LogP contribution in [-0.2, 0) is 24.4 Å². The number of ether oxygens (including phenoxy) is 3. The van der Waals surface area contributed by atoms with Crippen LogP contribution in [0, 0.1) is 13.8 Å².